The van der Waals surface area contributed by atoms with Gasteiger partial charge in [0.05, 0.1) is 12.2 Å². The van der Waals surface area contributed by atoms with E-state index in [-0.39, 0.29) is 0 Å². The van der Waals surface area contributed by atoms with E-state index in [1.807, 2.05) is 0 Å². The van der Waals surface area contributed by atoms with Gasteiger partial charge >= 0.3 is 0 Å². The third kappa shape index (κ3) is 3.69. The summed E-state index contributed by atoms with van der Waals surface area (Å²) in [6.45, 7) is 7.16. The molecule has 2 fully saturated rings. The Morgan fingerprint density at radius 1 is 1.06 bits per heavy atom. The Bertz CT molecular complexity index is 251. The second-order valence-corrected chi connectivity index (χ2v) is 7.09. The van der Waals surface area contributed by atoms with Crippen molar-refractivity contribution in [3.8, 4) is 0 Å². The van der Waals surface area contributed by atoms with Crippen molar-refractivity contribution in [2.24, 2.45) is 11.3 Å². The Morgan fingerprint density at radius 3 is 2.41 bits per heavy atom. The van der Waals surface area contributed by atoms with Gasteiger partial charge in [0.2, 0.25) is 0 Å². The van der Waals surface area contributed by atoms with Gasteiger partial charge in [-0.2, -0.15) is 0 Å². The molecule has 0 aromatic heterocycles. The first-order chi connectivity index (χ1) is 7.98. The van der Waals surface area contributed by atoms with E-state index in [0.29, 0.717) is 23.7 Å². The lowest BCUT2D eigenvalue weighted by Gasteiger charge is -2.39. The Hall–Kier alpha value is -0.0800. The molecule has 0 radical (unpaired) electrons. The Labute approximate surface area is 107 Å². The predicted molar refractivity (Wildman–Crippen MR) is 72.2 cm³/mol. The molecule has 0 aromatic carbocycles. The van der Waals surface area contributed by atoms with Gasteiger partial charge in [0.15, 0.2) is 0 Å². The Morgan fingerprint density at radius 2 is 1.82 bits per heavy atom. The van der Waals surface area contributed by atoms with Crippen molar-refractivity contribution in [3.63, 3.8) is 0 Å². The van der Waals surface area contributed by atoms with Gasteiger partial charge in [-0.05, 0) is 56.9 Å². The summed E-state index contributed by atoms with van der Waals surface area (Å²) >= 11 is 0. The minimum absolute atomic E-state index is 0.476. The highest BCUT2D eigenvalue weighted by atomic mass is 16.5. The molecule has 0 heterocycles. The maximum absolute atomic E-state index is 6.35. The van der Waals surface area contributed by atoms with Crippen LogP contribution in [0, 0.1) is 11.3 Å². The summed E-state index contributed by atoms with van der Waals surface area (Å²) in [6.07, 6.45) is 8.64. The van der Waals surface area contributed by atoms with Crippen LogP contribution in [0.1, 0.15) is 59.3 Å². The Balaban J connectivity index is 1.83. The van der Waals surface area contributed by atoms with Crippen LogP contribution in [0.5, 0.6) is 0 Å². The molecule has 2 heteroatoms. The standard InChI is InChI=1S/C15H29NO/c1-11-7-14(10-15(2,3)9-11)17-13-6-5-12(8-13)16-4/h11-14,16H,5-10H2,1-4H3. The number of rotatable bonds is 3. The van der Waals surface area contributed by atoms with E-state index in [9.17, 15) is 0 Å². The van der Waals surface area contributed by atoms with E-state index in [1.54, 1.807) is 0 Å². The fraction of sp³-hybridized carbons (Fsp3) is 1.00. The lowest BCUT2D eigenvalue weighted by Crippen LogP contribution is -2.35. The first-order valence-electron chi connectivity index (χ1n) is 7.31. The van der Waals surface area contributed by atoms with Gasteiger partial charge in [-0.25, -0.2) is 0 Å². The topological polar surface area (TPSA) is 21.3 Å². The predicted octanol–water partition coefficient (Wildman–Crippen LogP) is 3.36. The average molecular weight is 239 g/mol. The van der Waals surface area contributed by atoms with Crippen LogP contribution in [-0.4, -0.2) is 25.3 Å². The maximum atomic E-state index is 6.35. The normalized spacial score (nSPS) is 41.6. The fourth-order valence-corrected chi connectivity index (χ4v) is 3.96. The largest absolute Gasteiger partial charge is 0.375 e. The molecule has 2 rings (SSSR count). The number of hydrogen-bond donors (Lipinski definition) is 1. The van der Waals surface area contributed by atoms with Gasteiger partial charge in [0.25, 0.3) is 0 Å². The lowest BCUT2D eigenvalue weighted by molar-refractivity contribution is -0.0629. The summed E-state index contributed by atoms with van der Waals surface area (Å²) in [5, 5.41) is 3.38. The lowest BCUT2D eigenvalue weighted by atomic mass is 9.71. The molecule has 100 valence electrons. The van der Waals surface area contributed by atoms with E-state index in [0.717, 1.165) is 5.92 Å². The second-order valence-electron chi connectivity index (χ2n) is 7.09. The van der Waals surface area contributed by atoms with Crippen LogP contribution in [0.15, 0.2) is 0 Å². The first-order valence-corrected chi connectivity index (χ1v) is 7.31. The third-order valence-corrected chi connectivity index (χ3v) is 4.52. The van der Waals surface area contributed by atoms with Gasteiger partial charge < -0.3 is 10.1 Å². The van der Waals surface area contributed by atoms with Crippen LogP contribution in [-0.2, 0) is 4.74 Å². The molecular weight excluding hydrogens is 210 g/mol. The quantitative estimate of drug-likeness (QED) is 0.815. The van der Waals surface area contributed by atoms with Crippen molar-refractivity contribution in [2.75, 3.05) is 7.05 Å². The van der Waals surface area contributed by atoms with E-state index in [4.69, 9.17) is 4.74 Å². The molecular formula is C15H29NO. The zero-order chi connectivity index (χ0) is 12.5. The van der Waals surface area contributed by atoms with Crippen LogP contribution in [0.2, 0.25) is 0 Å². The minimum Gasteiger partial charge on any atom is -0.375 e. The molecule has 2 aliphatic carbocycles. The monoisotopic (exact) mass is 239 g/mol. The summed E-state index contributed by atoms with van der Waals surface area (Å²) in [6, 6.07) is 0.689. The molecule has 2 aliphatic rings. The van der Waals surface area contributed by atoms with Gasteiger partial charge in [-0.15, -0.1) is 0 Å². The molecule has 0 aliphatic heterocycles. The van der Waals surface area contributed by atoms with Gasteiger partial charge in [-0.1, -0.05) is 20.8 Å². The highest BCUT2D eigenvalue weighted by Gasteiger charge is 2.35. The minimum atomic E-state index is 0.476. The van der Waals surface area contributed by atoms with Gasteiger partial charge in [0, 0.05) is 6.04 Å². The highest BCUT2D eigenvalue weighted by molar-refractivity contribution is 4.86. The molecule has 0 saturated heterocycles. The van der Waals surface area contributed by atoms with Crippen molar-refractivity contribution >= 4 is 0 Å². The summed E-state index contributed by atoms with van der Waals surface area (Å²) in [7, 11) is 2.07. The number of ether oxygens (including phenoxy) is 1. The average Bonchev–Trinajstić information content (AvgIpc) is 2.62. The van der Waals surface area contributed by atoms with E-state index < -0.39 is 0 Å². The second kappa shape index (κ2) is 5.27. The molecule has 0 bridgehead atoms. The van der Waals surface area contributed by atoms with Crippen LogP contribution in [0.25, 0.3) is 0 Å². The van der Waals surface area contributed by atoms with Crippen molar-refractivity contribution in [2.45, 2.75) is 77.5 Å². The summed E-state index contributed by atoms with van der Waals surface area (Å²) in [5.74, 6) is 0.824. The van der Waals surface area contributed by atoms with E-state index in [1.165, 1.54) is 38.5 Å². The highest BCUT2D eigenvalue weighted by Crippen LogP contribution is 2.40. The van der Waals surface area contributed by atoms with E-state index in [2.05, 4.69) is 33.1 Å². The summed E-state index contributed by atoms with van der Waals surface area (Å²) < 4.78 is 6.35. The molecule has 4 unspecified atom stereocenters. The van der Waals surface area contributed by atoms with Crippen molar-refractivity contribution in [1.29, 1.82) is 0 Å². The SMILES string of the molecule is CNC1CCC(OC2CC(C)CC(C)(C)C2)C1. The molecule has 17 heavy (non-hydrogen) atoms. The molecule has 2 nitrogen and oxygen atoms in total. The first kappa shape index (κ1) is 13.4. The van der Waals surface area contributed by atoms with Crippen molar-refractivity contribution < 1.29 is 4.74 Å². The molecule has 0 aromatic rings. The molecule has 1 N–H and O–H groups in total. The van der Waals surface area contributed by atoms with Gasteiger partial charge in [-0.3, -0.25) is 0 Å². The zero-order valence-electron chi connectivity index (χ0n) is 12.0. The van der Waals surface area contributed by atoms with Crippen molar-refractivity contribution in [1.82, 2.24) is 5.32 Å². The summed E-state index contributed by atoms with van der Waals surface area (Å²) in [5.41, 5.74) is 0.476. The van der Waals surface area contributed by atoms with E-state index >= 15 is 0 Å². The van der Waals surface area contributed by atoms with Crippen LogP contribution >= 0.6 is 0 Å². The molecule has 0 amide bonds. The third-order valence-electron chi connectivity index (χ3n) is 4.52. The summed E-state index contributed by atoms with van der Waals surface area (Å²) in [4.78, 5) is 0. The molecule has 0 spiro atoms. The van der Waals surface area contributed by atoms with Crippen molar-refractivity contribution in [3.05, 3.63) is 0 Å². The molecule has 4 atom stereocenters. The van der Waals surface area contributed by atoms with Crippen LogP contribution in [0.4, 0.5) is 0 Å². The van der Waals surface area contributed by atoms with Crippen LogP contribution in [0.3, 0.4) is 0 Å². The zero-order valence-corrected chi connectivity index (χ0v) is 12.0. The number of hydrogen-bond acceptors (Lipinski definition) is 2. The number of nitrogens with one attached hydrogen (secondary N) is 1. The van der Waals surface area contributed by atoms with Crippen LogP contribution < -0.4 is 5.32 Å². The Kier molecular flexibility index (Phi) is 4.14. The fourth-order valence-electron chi connectivity index (χ4n) is 3.96. The van der Waals surface area contributed by atoms with Gasteiger partial charge in [0.1, 0.15) is 0 Å². The maximum Gasteiger partial charge on any atom is 0.0594 e. The smallest absolute Gasteiger partial charge is 0.0594 e. The molecule has 2 saturated carbocycles.